The minimum Gasteiger partial charge on any atom is -0.711 e. The van der Waals surface area contributed by atoms with Crippen molar-refractivity contribution < 1.29 is 27.7 Å². The first kappa shape index (κ1) is 69.8. The van der Waals surface area contributed by atoms with Gasteiger partial charge in [0.1, 0.15) is 23.1 Å². The van der Waals surface area contributed by atoms with E-state index in [2.05, 4.69) is 253 Å². The van der Waals surface area contributed by atoms with Crippen molar-refractivity contribution in [3.8, 4) is 56.6 Å². The molecule has 6 nitrogen and oxygen atoms in total. The molecule has 0 saturated heterocycles. The molecule has 11 rings (SSSR count). The van der Waals surface area contributed by atoms with Crippen LogP contribution in [0.5, 0.6) is 23.0 Å². The zero-order chi connectivity index (χ0) is 70.1. The van der Waals surface area contributed by atoms with Crippen molar-refractivity contribution in [1.29, 1.82) is 0 Å². The Morgan fingerprint density at radius 1 is 0.417 bits per heavy atom. The molecule has 2 heterocycles. The molecule has 0 radical (unpaired) electrons. The van der Waals surface area contributed by atoms with Crippen molar-refractivity contribution in [2.45, 2.75) is 211 Å². The summed E-state index contributed by atoms with van der Waals surface area (Å²) in [7, 11) is 9.47. The number of hydrogen-bond donors (Lipinski definition) is 2. The highest BCUT2D eigenvalue weighted by Crippen LogP contribution is 2.53. The van der Waals surface area contributed by atoms with Crippen LogP contribution < -0.4 is 0 Å². The molecule has 0 unspecified atom stereocenters. The molecule has 1 fully saturated rings. The second-order valence-electron chi connectivity index (χ2n) is 35.5. The van der Waals surface area contributed by atoms with Gasteiger partial charge in [-0.1, -0.05) is 193 Å². The van der Waals surface area contributed by atoms with Crippen LogP contribution in [0.25, 0.3) is 77.2 Å². The third-order valence-electron chi connectivity index (χ3n) is 20.7. The lowest BCUT2D eigenvalue weighted by Gasteiger charge is -2.41. The summed E-state index contributed by atoms with van der Waals surface area (Å²) < 4.78 is 43.8. The van der Waals surface area contributed by atoms with E-state index >= 15 is 8.78 Å². The largest absolute Gasteiger partial charge is 0.711 e. The van der Waals surface area contributed by atoms with Crippen LogP contribution in [0.1, 0.15) is 209 Å². The summed E-state index contributed by atoms with van der Waals surface area (Å²) in [5.41, 5.74) is 13.5. The minimum atomic E-state index is -0.420. The number of phenolic OH excluding ortho intramolecular Hbond substituents is 2. The van der Waals surface area contributed by atoms with Crippen LogP contribution in [0.2, 0.25) is 0 Å². The summed E-state index contributed by atoms with van der Waals surface area (Å²) in [6.07, 6.45) is 5.54. The van der Waals surface area contributed by atoms with Gasteiger partial charge in [0, 0.05) is 56.1 Å². The lowest BCUT2D eigenvalue weighted by molar-refractivity contribution is -0.0608. The van der Waals surface area contributed by atoms with Crippen LogP contribution in [-0.4, -0.2) is 32.6 Å². The van der Waals surface area contributed by atoms with Crippen LogP contribution in [-0.2, 0) is 35.8 Å². The molecular formula is C88H108F2N2O4. The van der Waals surface area contributed by atoms with Gasteiger partial charge in [-0.2, -0.15) is 0 Å². The van der Waals surface area contributed by atoms with E-state index in [4.69, 9.17) is 14.2 Å². The van der Waals surface area contributed by atoms with Crippen molar-refractivity contribution in [1.82, 2.24) is 9.13 Å². The van der Waals surface area contributed by atoms with Crippen molar-refractivity contribution in [2.24, 2.45) is 22.7 Å². The summed E-state index contributed by atoms with van der Waals surface area (Å²) in [5, 5.41) is 31.1. The van der Waals surface area contributed by atoms with Crippen LogP contribution >= 0.6 is 0 Å². The van der Waals surface area contributed by atoms with E-state index in [-0.39, 0.29) is 61.2 Å². The Morgan fingerprint density at radius 2 is 0.802 bits per heavy atom. The number of rotatable bonds is 14. The number of halogens is 2. The fourth-order valence-corrected chi connectivity index (χ4v) is 16.4. The monoisotopic (exact) mass is 1290 g/mol. The first-order valence-electron chi connectivity index (χ1n) is 35.0. The lowest BCUT2D eigenvalue weighted by atomic mass is 9.71. The van der Waals surface area contributed by atoms with E-state index in [0.717, 1.165) is 98.8 Å². The molecule has 2 atom stereocenters. The molecule has 0 bridgehead atoms. The highest BCUT2D eigenvalue weighted by atomic mass is 19.1. The normalized spacial score (nSPS) is 15.6. The number of nitrogens with zero attached hydrogens (tertiary/aromatic N) is 2. The summed E-state index contributed by atoms with van der Waals surface area (Å²) in [6.45, 7) is 47.7. The molecule has 1 aliphatic carbocycles. The molecule has 2 aromatic heterocycles. The topological polar surface area (TPSA) is 55.7 Å². The van der Waals surface area contributed by atoms with Gasteiger partial charge in [0.25, 0.3) is 0 Å². The second-order valence-corrected chi connectivity index (χ2v) is 35.5. The van der Waals surface area contributed by atoms with Crippen LogP contribution in [0.4, 0.5) is 8.78 Å². The predicted molar refractivity (Wildman–Crippen MR) is 402 cm³/mol. The standard InChI is InChI=1S/C88H108F2N2O4/c1-53-28-33-64-65-34-29-57(84(9,10)11)42-73(65)91(72(64)38-53)77-46-61(88(20,21)52-83(6,7)8)41-70(80(77)94)71-48-63(90)39-54(2)81(71)96(23)50-56-27-25-24-26-55(56)49-95(22)78-37-32-62(89)47-68(78)69-40-60(87(18,19)51-82(3,4)5)45-76(79(69)93)92-74-43-58(85(12,13)14)30-35-66(74)67-36-31-59(44-75(67)92)86(15,16)17/h28-48,55-56,93-94H,22-27,49-52H2,1-21H3/t55-,56-/m0/s1. The molecule has 2 N–H and O–H groups in total. The van der Waals surface area contributed by atoms with Gasteiger partial charge in [-0.3, -0.25) is 0 Å². The molecular weight excluding hydrogens is 1190 g/mol. The lowest BCUT2D eigenvalue weighted by Crippen LogP contribution is -2.30. The van der Waals surface area contributed by atoms with E-state index in [1.54, 1.807) is 24.3 Å². The maximum atomic E-state index is 16.5. The third-order valence-corrected chi connectivity index (χ3v) is 20.7. The smallest absolute Gasteiger partial charge is 0.237 e. The third kappa shape index (κ3) is 13.7. The molecule has 8 heteroatoms. The first-order valence-corrected chi connectivity index (χ1v) is 35.0. The van der Waals surface area contributed by atoms with Crippen LogP contribution in [0, 0.1) is 62.4 Å². The number of fused-ring (bicyclic) bond motifs is 6. The number of aryl methyl sites for hydroxylation is 2. The summed E-state index contributed by atoms with van der Waals surface area (Å²) in [5.74, 6) is 0.742. The molecule has 0 spiro atoms. The molecule has 96 heavy (non-hydrogen) atoms. The average Bonchev–Trinajstić information content (AvgIpc) is 1.53. The summed E-state index contributed by atoms with van der Waals surface area (Å²) >= 11 is 0. The van der Waals surface area contributed by atoms with Gasteiger partial charge >= 0.3 is 0 Å². The average molecular weight is 1300 g/mol. The molecule has 10 aromatic rings. The van der Waals surface area contributed by atoms with E-state index in [9.17, 15) is 10.2 Å². The van der Waals surface area contributed by atoms with Crippen molar-refractivity contribution in [3.63, 3.8) is 0 Å². The number of phenols is 2. The molecule has 1 saturated carbocycles. The van der Waals surface area contributed by atoms with Gasteiger partial charge in [-0.15, -0.1) is 0 Å². The Morgan fingerprint density at radius 3 is 1.22 bits per heavy atom. The van der Waals surface area contributed by atoms with E-state index in [1.807, 2.05) is 6.92 Å². The number of aromatic hydroxyl groups is 2. The minimum absolute atomic E-state index is 0.0353. The SMILES string of the molecule is [CH2-][O+](C[C@@H]1CCCC[C@H]1C[O+]([CH2-])c1c(C)cc(F)cc1-c1cc(C(C)(C)CC(C)(C)C)cc(-n2c3cc(C)ccc3c3ccc(C(C)(C)C)cc32)c1O)c1ccc(F)cc1-c1cc(C(C)(C)CC(C)(C)C)cc(-n2c3cc(C(C)(C)C)ccc3c3ccc(C(C)(C)C)cc32)c1O. The van der Waals surface area contributed by atoms with Crippen LogP contribution in [0.15, 0.2) is 127 Å². The number of benzene rings is 8. The van der Waals surface area contributed by atoms with E-state index in [0.29, 0.717) is 63.9 Å². The Kier molecular flexibility index (Phi) is 18.0. The quantitative estimate of drug-likeness (QED) is 0.0842. The molecule has 0 aliphatic heterocycles. The van der Waals surface area contributed by atoms with Crippen molar-refractivity contribution in [3.05, 3.63) is 192 Å². The van der Waals surface area contributed by atoms with Gasteiger partial charge in [0.05, 0.1) is 44.6 Å². The Balaban J connectivity index is 1.02. The van der Waals surface area contributed by atoms with Crippen molar-refractivity contribution >= 4 is 43.6 Å². The Hall–Kier alpha value is -7.58. The molecule has 1 aliphatic rings. The molecule has 508 valence electrons. The maximum absolute atomic E-state index is 16.5. The van der Waals surface area contributed by atoms with Crippen LogP contribution in [0.3, 0.4) is 0 Å². The summed E-state index contributed by atoms with van der Waals surface area (Å²) in [6, 6.07) is 43.2. The van der Waals surface area contributed by atoms with Crippen molar-refractivity contribution in [2.75, 3.05) is 13.2 Å². The maximum Gasteiger partial charge on any atom is 0.237 e. The molecule has 0 amide bonds. The zero-order valence-corrected chi connectivity index (χ0v) is 61.7. The van der Waals surface area contributed by atoms with Gasteiger partial charge < -0.3 is 28.1 Å². The fourth-order valence-electron chi connectivity index (χ4n) is 16.4. The Bertz CT molecular complexity index is 4560. The summed E-state index contributed by atoms with van der Waals surface area (Å²) in [4.78, 5) is 0. The van der Waals surface area contributed by atoms with Gasteiger partial charge in [-0.05, 0) is 198 Å². The van der Waals surface area contributed by atoms with Gasteiger partial charge in [-0.25, -0.2) is 8.78 Å². The highest BCUT2D eigenvalue weighted by molar-refractivity contribution is 6.11. The zero-order valence-electron chi connectivity index (χ0n) is 61.7. The second kappa shape index (κ2) is 24.7. The van der Waals surface area contributed by atoms with E-state index < -0.39 is 11.6 Å². The van der Waals surface area contributed by atoms with E-state index in [1.165, 1.54) is 22.8 Å². The predicted octanol–water partition coefficient (Wildman–Crippen LogP) is 25.5. The number of hydrogen-bond acceptors (Lipinski definition) is 2. The first-order chi connectivity index (χ1) is 44.5. The Labute approximate surface area is 573 Å². The highest BCUT2D eigenvalue weighted by Gasteiger charge is 2.37. The van der Waals surface area contributed by atoms with Gasteiger partial charge in [0.2, 0.25) is 11.5 Å². The fraction of sp³-hybridized carbons (Fsp3) is 0.432. The number of aromatic nitrogens is 2. The van der Waals surface area contributed by atoms with Gasteiger partial charge in [0.15, 0.2) is 13.2 Å². The molecule has 8 aromatic carbocycles.